The summed E-state index contributed by atoms with van der Waals surface area (Å²) in [6, 6.07) is 19.6. The fraction of sp³-hybridized carbons (Fsp3) is 0.355. The smallest absolute Gasteiger partial charge is 0.255 e. The van der Waals surface area contributed by atoms with Crippen molar-refractivity contribution in [2.45, 2.75) is 32.2 Å². The molecule has 1 aliphatic heterocycles. The van der Waals surface area contributed by atoms with Crippen LogP contribution in [-0.4, -0.2) is 55.2 Å². The SMILES string of the molecule is CCCCc1ccc(-c2ccc(C(=O)N3C[C@@H]4C(NC(=O)c5ccc(OC)c(OC)c5O)[C@@H]4C3)cc2)cc1. The van der Waals surface area contributed by atoms with E-state index in [9.17, 15) is 14.7 Å². The number of fused-ring (bicyclic) bond motifs is 1. The van der Waals surface area contributed by atoms with E-state index in [2.05, 4.69) is 36.5 Å². The number of nitrogens with zero attached hydrogens (tertiary/aromatic N) is 1. The molecule has 7 heteroatoms. The van der Waals surface area contributed by atoms with Crippen molar-refractivity contribution in [1.82, 2.24) is 10.2 Å². The monoisotopic (exact) mass is 514 g/mol. The van der Waals surface area contributed by atoms with Crippen molar-refractivity contribution in [3.05, 3.63) is 77.4 Å². The summed E-state index contributed by atoms with van der Waals surface area (Å²) < 4.78 is 10.4. The van der Waals surface area contributed by atoms with E-state index in [-0.39, 0.29) is 46.8 Å². The van der Waals surface area contributed by atoms with E-state index in [1.165, 1.54) is 38.7 Å². The van der Waals surface area contributed by atoms with Crippen molar-refractivity contribution < 1.29 is 24.2 Å². The number of likely N-dealkylation sites (tertiary alicyclic amines) is 1. The molecule has 1 aliphatic carbocycles. The number of hydrogen-bond acceptors (Lipinski definition) is 5. The van der Waals surface area contributed by atoms with Crippen LogP contribution in [0.5, 0.6) is 17.2 Å². The van der Waals surface area contributed by atoms with E-state index in [1.807, 2.05) is 29.2 Å². The molecule has 3 aromatic rings. The van der Waals surface area contributed by atoms with Gasteiger partial charge in [-0.2, -0.15) is 0 Å². The summed E-state index contributed by atoms with van der Waals surface area (Å²) in [6.07, 6.45) is 3.49. The number of aryl methyl sites for hydroxylation is 1. The average Bonchev–Trinajstić information content (AvgIpc) is 3.37. The van der Waals surface area contributed by atoms with Crippen LogP contribution in [-0.2, 0) is 6.42 Å². The number of rotatable bonds is 9. The molecular weight excluding hydrogens is 480 g/mol. The Morgan fingerprint density at radius 1 is 0.921 bits per heavy atom. The molecule has 1 heterocycles. The molecule has 3 aromatic carbocycles. The van der Waals surface area contributed by atoms with Gasteiger partial charge in [0.1, 0.15) is 0 Å². The first kappa shape index (κ1) is 25.6. The molecule has 2 amide bonds. The van der Waals surface area contributed by atoms with Gasteiger partial charge in [-0.25, -0.2) is 0 Å². The van der Waals surface area contributed by atoms with Gasteiger partial charge in [-0.1, -0.05) is 49.7 Å². The van der Waals surface area contributed by atoms with Crippen molar-refractivity contribution in [3.63, 3.8) is 0 Å². The molecule has 198 valence electrons. The molecule has 3 atom stereocenters. The van der Waals surface area contributed by atoms with E-state index < -0.39 is 0 Å². The molecule has 0 aromatic heterocycles. The van der Waals surface area contributed by atoms with Crippen LogP contribution in [0.3, 0.4) is 0 Å². The Hall–Kier alpha value is -4.00. The topological polar surface area (TPSA) is 88.1 Å². The molecule has 0 bridgehead atoms. The van der Waals surface area contributed by atoms with Crippen molar-refractivity contribution >= 4 is 11.8 Å². The van der Waals surface area contributed by atoms with E-state index in [1.54, 1.807) is 6.07 Å². The Morgan fingerprint density at radius 2 is 1.55 bits per heavy atom. The quantitative estimate of drug-likeness (QED) is 0.423. The standard InChI is InChI=1S/C31H34N2O5/c1-4-5-6-19-7-9-20(10-8-19)21-11-13-22(14-12-21)31(36)33-17-24-25(18-33)27(24)32-30(35)23-15-16-26(37-2)29(38-3)28(23)34/h7-16,24-25,27,34H,4-6,17-18H2,1-3H3,(H,32,35)/t24-,25+,27?. The van der Waals surface area contributed by atoms with Gasteiger partial charge < -0.3 is 24.8 Å². The highest BCUT2D eigenvalue weighted by atomic mass is 16.5. The molecule has 2 N–H and O–H groups in total. The predicted molar refractivity (Wildman–Crippen MR) is 146 cm³/mol. The lowest BCUT2D eigenvalue weighted by molar-refractivity contribution is 0.0769. The number of aromatic hydroxyl groups is 1. The third-order valence-corrected chi connectivity index (χ3v) is 7.78. The zero-order valence-corrected chi connectivity index (χ0v) is 22.1. The van der Waals surface area contributed by atoms with Gasteiger partial charge in [0, 0.05) is 36.5 Å². The van der Waals surface area contributed by atoms with Crippen molar-refractivity contribution in [1.29, 1.82) is 0 Å². The maximum Gasteiger partial charge on any atom is 0.255 e. The molecule has 1 unspecified atom stereocenters. The van der Waals surface area contributed by atoms with Crippen LogP contribution in [0.4, 0.5) is 0 Å². The summed E-state index contributed by atoms with van der Waals surface area (Å²) in [5.74, 6) is 0.320. The first-order chi connectivity index (χ1) is 18.4. The summed E-state index contributed by atoms with van der Waals surface area (Å²) in [4.78, 5) is 27.8. The maximum atomic E-state index is 13.1. The zero-order chi connectivity index (χ0) is 26.8. The molecule has 5 rings (SSSR count). The highest BCUT2D eigenvalue weighted by Crippen LogP contribution is 2.46. The highest BCUT2D eigenvalue weighted by molar-refractivity contribution is 5.99. The third kappa shape index (κ3) is 4.93. The van der Waals surface area contributed by atoms with Gasteiger partial charge in [-0.3, -0.25) is 9.59 Å². The van der Waals surface area contributed by atoms with Crippen LogP contribution in [0.1, 0.15) is 46.0 Å². The van der Waals surface area contributed by atoms with Crippen LogP contribution in [0.2, 0.25) is 0 Å². The minimum Gasteiger partial charge on any atom is -0.504 e. The number of phenols is 1. The van der Waals surface area contributed by atoms with Crippen molar-refractivity contribution in [2.75, 3.05) is 27.3 Å². The van der Waals surface area contributed by atoms with E-state index >= 15 is 0 Å². The van der Waals surface area contributed by atoms with Crippen LogP contribution in [0.15, 0.2) is 60.7 Å². The van der Waals surface area contributed by atoms with Gasteiger partial charge in [0.25, 0.3) is 11.8 Å². The van der Waals surface area contributed by atoms with Gasteiger partial charge >= 0.3 is 0 Å². The number of piperidine rings is 1. The molecule has 1 saturated carbocycles. The molecule has 2 fully saturated rings. The second-order valence-corrected chi connectivity index (χ2v) is 10.1. The number of benzene rings is 3. The Morgan fingerprint density at radius 3 is 2.13 bits per heavy atom. The van der Waals surface area contributed by atoms with Crippen LogP contribution in [0, 0.1) is 11.8 Å². The number of phenolic OH excluding ortho intramolecular Hbond substituents is 1. The number of amides is 2. The van der Waals surface area contributed by atoms with E-state index in [0.29, 0.717) is 24.4 Å². The number of methoxy groups -OCH3 is 2. The lowest BCUT2D eigenvalue weighted by Gasteiger charge is -2.21. The molecule has 2 aliphatic rings. The average molecular weight is 515 g/mol. The number of hydrogen-bond donors (Lipinski definition) is 2. The Balaban J connectivity index is 1.16. The number of carbonyl (C=O) groups excluding carboxylic acids is 2. The molecule has 7 nitrogen and oxygen atoms in total. The Labute approximate surface area is 223 Å². The first-order valence-corrected chi connectivity index (χ1v) is 13.2. The lowest BCUT2D eigenvalue weighted by Crippen LogP contribution is -2.37. The Bertz CT molecular complexity index is 1310. The maximum absolute atomic E-state index is 13.1. The summed E-state index contributed by atoms with van der Waals surface area (Å²) in [7, 11) is 2.88. The fourth-order valence-electron chi connectivity index (χ4n) is 5.46. The first-order valence-electron chi connectivity index (χ1n) is 13.2. The minimum atomic E-state index is -0.366. The fourth-order valence-corrected chi connectivity index (χ4v) is 5.46. The van der Waals surface area contributed by atoms with Gasteiger partial charge in [-0.15, -0.1) is 0 Å². The summed E-state index contributed by atoms with van der Waals surface area (Å²) in [5, 5.41) is 13.5. The van der Waals surface area contributed by atoms with Gasteiger partial charge in [0.15, 0.2) is 11.5 Å². The predicted octanol–water partition coefficient (Wildman–Crippen LogP) is 4.92. The number of nitrogens with one attached hydrogen (secondary N) is 1. The third-order valence-electron chi connectivity index (χ3n) is 7.78. The van der Waals surface area contributed by atoms with Gasteiger partial charge in [0.05, 0.1) is 19.8 Å². The summed E-state index contributed by atoms with van der Waals surface area (Å²) in [6.45, 7) is 3.41. The number of ether oxygens (including phenoxy) is 2. The number of carbonyl (C=O) groups is 2. The van der Waals surface area contributed by atoms with Crippen molar-refractivity contribution in [3.8, 4) is 28.4 Å². The lowest BCUT2D eigenvalue weighted by atomic mass is 10.0. The molecule has 0 radical (unpaired) electrons. The second kappa shape index (κ2) is 10.8. The van der Waals surface area contributed by atoms with Crippen LogP contribution < -0.4 is 14.8 Å². The molecular formula is C31H34N2O5. The van der Waals surface area contributed by atoms with E-state index in [4.69, 9.17) is 9.47 Å². The number of unbranched alkanes of at least 4 members (excludes halogenated alkanes) is 1. The molecule has 1 saturated heterocycles. The van der Waals surface area contributed by atoms with Gasteiger partial charge in [-0.05, 0) is 53.8 Å². The minimum absolute atomic E-state index is 0.0123. The van der Waals surface area contributed by atoms with Crippen LogP contribution in [0.25, 0.3) is 11.1 Å². The van der Waals surface area contributed by atoms with Gasteiger partial charge in [0.2, 0.25) is 5.75 Å². The summed E-state index contributed by atoms with van der Waals surface area (Å²) >= 11 is 0. The molecule has 0 spiro atoms. The van der Waals surface area contributed by atoms with E-state index in [0.717, 1.165) is 17.5 Å². The summed E-state index contributed by atoms with van der Waals surface area (Å²) in [5.41, 5.74) is 4.39. The highest BCUT2D eigenvalue weighted by Gasteiger charge is 2.57. The van der Waals surface area contributed by atoms with Crippen molar-refractivity contribution in [2.24, 2.45) is 11.8 Å². The molecule has 38 heavy (non-hydrogen) atoms. The zero-order valence-electron chi connectivity index (χ0n) is 22.1. The normalized spacial score (nSPS) is 19.6. The van der Waals surface area contributed by atoms with Crippen LogP contribution >= 0.6 is 0 Å². The Kier molecular flexibility index (Phi) is 7.27. The second-order valence-electron chi connectivity index (χ2n) is 10.1. The largest absolute Gasteiger partial charge is 0.504 e.